The van der Waals surface area contributed by atoms with Gasteiger partial charge in [-0.3, -0.25) is 48.5 Å². The van der Waals surface area contributed by atoms with Crippen LogP contribution in [0.3, 0.4) is 0 Å². The van der Waals surface area contributed by atoms with Crippen LogP contribution >= 0.6 is 24.4 Å². The molecule has 0 aliphatic carbocycles. The Labute approximate surface area is 297 Å². The Morgan fingerprint density at radius 1 is 0.551 bits per heavy atom. The van der Waals surface area contributed by atoms with Gasteiger partial charge >= 0.3 is 23.9 Å². The third kappa shape index (κ3) is 16.1. The maximum absolute atomic E-state index is 13.5. The molecule has 0 saturated carbocycles. The Morgan fingerprint density at radius 3 is 1.39 bits per heavy atom. The Hall–Kier alpha value is -2.93. The number of rotatable bonds is 16. The highest BCUT2D eigenvalue weighted by molar-refractivity contribution is 7.98. The number of carboxylic acids is 4. The first-order valence-electron chi connectivity index (χ1n) is 16.5. The van der Waals surface area contributed by atoms with Crippen LogP contribution < -0.4 is 0 Å². The largest absolute Gasteiger partial charge is 0.481 e. The smallest absolute Gasteiger partial charge is 0.317 e. The van der Waals surface area contributed by atoms with Gasteiger partial charge in [0.15, 0.2) is 0 Å². The number of nitrogens with zero attached hydrogens (tertiary/aromatic N) is 6. The van der Waals surface area contributed by atoms with Crippen molar-refractivity contribution in [3.63, 3.8) is 0 Å². The summed E-state index contributed by atoms with van der Waals surface area (Å²) < 4.78 is 0. The molecule has 17 heteroatoms. The Morgan fingerprint density at radius 2 is 0.959 bits per heavy atom. The fourth-order valence-corrected chi connectivity index (χ4v) is 6.99. The molecule has 1 amide bonds. The van der Waals surface area contributed by atoms with E-state index in [2.05, 4.69) is 35.7 Å². The van der Waals surface area contributed by atoms with E-state index in [9.17, 15) is 39.3 Å². The van der Waals surface area contributed by atoms with Crippen LogP contribution in [0.4, 0.5) is 0 Å². The average Bonchev–Trinajstić information content (AvgIpc) is 3.03. The van der Waals surface area contributed by atoms with Crippen molar-refractivity contribution in [2.75, 3.05) is 110 Å². The number of carboxylic acid groups (broad SMARTS) is 4. The van der Waals surface area contributed by atoms with Gasteiger partial charge < -0.3 is 25.3 Å². The molecule has 3 rings (SSSR count). The number of piperazine rings is 1. The van der Waals surface area contributed by atoms with E-state index in [0.29, 0.717) is 90.0 Å². The topological polar surface area (TPSA) is 186 Å². The van der Waals surface area contributed by atoms with Gasteiger partial charge in [0.2, 0.25) is 5.91 Å². The predicted molar refractivity (Wildman–Crippen MR) is 188 cm³/mol. The number of hydrogen-bond acceptors (Lipinski definition) is 12. The minimum Gasteiger partial charge on any atom is -0.481 e. The number of thiol groups is 1. The third-order valence-electron chi connectivity index (χ3n) is 8.52. The average molecular weight is 727 g/mol. The van der Waals surface area contributed by atoms with Gasteiger partial charge in [-0.05, 0) is 16.7 Å². The van der Waals surface area contributed by atoms with E-state index in [1.165, 1.54) is 0 Å². The Balaban J connectivity index is 1.59. The van der Waals surface area contributed by atoms with Crippen molar-refractivity contribution in [2.24, 2.45) is 0 Å². The van der Waals surface area contributed by atoms with Crippen LogP contribution in [0.2, 0.25) is 0 Å². The highest BCUT2D eigenvalue weighted by atomic mass is 32.2. The molecule has 274 valence electrons. The van der Waals surface area contributed by atoms with Crippen LogP contribution in [0.15, 0.2) is 18.2 Å². The van der Waals surface area contributed by atoms with Crippen molar-refractivity contribution in [1.29, 1.82) is 0 Å². The van der Waals surface area contributed by atoms with Gasteiger partial charge in [-0.2, -0.15) is 24.4 Å². The molecule has 0 bridgehead atoms. The van der Waals surface area contributed by atoms with Crippen LogP contribution in [0.25, 0.3) is 0 Å². The van der Waals surface area contributed by atoms with Crippen molar-refractivity contribution < 1.29 is 44.4 Å². The zero-order valence-electron chi connectivity index (χ0n) is 28.0. The van der Waals surface area contributed by atoms with Crippen molar-refractivity contribution in [3.05, 3.63) is 34.9 Å². The van der Waals surface area contributed by atoms with E-state index >= 15 is 0 Å². The lowest BCUT2D eigenvalue weighted by molar-refractivity contribution is -0.141. The Kier molecular flexibility index (Phi) is 17.6. The zero-order chi connectivity index (χ0) is 35.8. The van der Waals surface area contributed by atoms with E-state index in [4.69, 9.17) is 5.11 Å². The van der Waals surface area contributed by atoms with Gasteiger partial charge in [0.1, 0.15) is 0 Å². The molecular weight excluding hydrogens is 677 g/mol. The normalized spacial score (nSPS) is 18.4. The molecule has 49 heavy (non-hydrogen) atoms. The van der Waals surface area contributed by atoms with Crippen LogP contribution in [-0.2, 0) is 42.0 Å². The molecular formula is C32H50N6O9S2. The SMILES string of the molecule is O=C(O)CCSCc1cc(CS)cc(CN2CCN(C(=O)CN3CCN(CC(=O)O)CCN(CC(=O)O)CCN(CC(=O)O)CC3)CC2)c1. The standard InChI is InChI=1S/C32H50N6O9S2/c39-28(38-12-10-33(11-13-38)18-25-15-26(23-48)17-27(16-25)24-49-14-1-29(40)41)19-34-2-4-35(20-30(42)43)6-8-37(22-32(46)47)9-7-36(5-3-34)21-31(44)45/h15-17,48H,1-14,18-24H2,(H,40,41)(H,42,43)(H,44,45)(H,46,47). The molecule has 2 fully saturated rings. The fraction of sp³-hybridized carbons (Fsp3) is 0.656. The first-order valence-corrected chi connectivity index (χ1v) is 18.3. The van der Waals surface area contributed by atoms with Crippen LogP contribution in [0.5, 0.6) is 0 Å². The lowest BCUT2D eigenvalue weighted by Crippen LogP contribution is -2.53. The van der Waals surface area contributed by atoms with Gasteiger partial charge in [0, 0.05) is 102 Å². The summed E-state index contributed by atoms with van der Waals surface area (Å²) in [6, 6.07) is 6.40. The molecule has 0 aromatic heterocycles. The van der Waals surface area contributed by atoms with Crippen LogP contribution in [0.1, 0.15) is 23.1 Å². The van der Waals surface area contributed by atoms with Crippen molar-refractivity contribution in [1.82, 2.24) is 29.4 Å². The Bertz CT molecular complexity index is 1240. The highest BCUT2D eigenvalue weighted by Crippen LogP contribution is 2.20. The van der Waals surface area contributed by atoms with E-state index in [0.717, 1.165) is 29.0 Å². The quantitative estimate of drug-likeness (QED) is 0.113. The second-order valence-corrected chi connectivity index (χ2v) is 13.9. The van der Waals surface area contributed by atoms with Crippen molar-refractivity contribution in [3.8, 4) is 0 Å². The van der Waals surface area contributed by atoms with Gasteiger partial charge in [-0.15, -0.1) is 0 Å². The number of hydrogen-bond donors (Lipinski definition) is 5. The minimum atomic E-state index is -1.01. The molecule has 1 aromatic carbocycles. The van der Waals surface area contributed by atoms with Crippen LogP contribution in [-0.4, -0.2) is 190 Å². The molecule has 0 radical (unpaired) electrons. The van der Waals surface area contributed by atoms with E-state index in [1.54, 1.807) is 26.5 Å². The third-order valence-corrected chi connectivity index (χ3v) is 9.92. The molecule has 1 aromatic rings. The maximum atomic E-state index is 13.5. The summed E-state index contributed by atoms with van der Waals surface area (Å²) in [5.74, 6) is -1.95. The fourth-order valence-electron chi connectivity index (χ4n) is 5.94. The summed E-state index contributed by atoms with van der Waals surface area (Å²) in [7, 11) is 0. The summed E-state index contributed by atoms with van der Waals surface area (Å²) in [5.41, 5.74) is 3.40. The minimum absolute atomic E-state index is 0.0355. The second-order valence-electron chi connectivity index (χ2n) is 12.5. The van der Waals surface area contributed by atoms with E-state index in [-0.39, 0.29) is 38.5 Å². The molecule has 2 heterocycles. The molecule has 2 aliphatic rings. The summed E-state index contributed by atoms with van der Waals surface area (Å²) in [6.45, 7) is 5.52. The summed E-state index contributed by atoms with van der Waals surface area (Å²) in [5, 5.41) is 37.2. The first kappa shape index (κ1) is 40.5. The molecule has 4 N–H and O–H groups in total. The summed E-state index contributed by atoms with van der Waals surface area (Å²) in [6.07, 6.45) is 0.131. The molecule has 2 saturated heterocycles. The number of carbonyl (C=O) groups excluding carboxylic acids is 1. The van der Waals surface area contributed by atoms with Crippen molar-refractivity contribution in [2.45, 2.75) is 24.5 Å². The maximum Gasteiger partial charge on any atom is 0.317 e. The number of benzene rings is 1. The zero-order valence-corrected chi connectivity index (χ0v) is 29.7. The number of thioether (sulfide) groups is 1. The van der Waals surface area contributed by atoms with Gasteiger partial charge in [0.05, 0.1) is 32.6 Å². The second kappa shape index (κ2) is 21.3. The first-order chi connectivity index (χ1) is 23.4. The predicted octanol–water partition coefficient (Wildman–Crippen LogP) is -0.0561. The molecule has 2 aliphatic heterocycles. The molecule has 0 spiro atoms. The monoisotopic (exact) mass is 726 g/mol. The van der Waals surface area contributed by atoms with Gasteiger partial charge in [0.25, 0.3) is 0 Å². The molecule has 0 atom stereocenters. The summed E-state index contributed by atoms with van der Waals surface area (Å²) >= 11 is 6.05. The lowest BCUT2D eigenvalue weighted by Gasteiger charge is -2.37. The van der Waals surface area contributed by atoms with E-state index in [1.807, 2.05) is 9.80 Å². The molecule has 0 unspecified atom stereocenters. The van der Waals surface area contributed by atoms with Crippen molar-refractivity contribution >= 4 is 54.2 Å². The van der Waals surface area contributed by atoms with Gasteiger partial charge in [-0.25, -0.2) is 0 Å². The highest BCUT2D eigenvalue weighted by Gasteiger charge is 2.25. The van der Waals surface area contributed by atoms with Gasteiger partial charge in [-0.1, -0.05) is 18.2 Å². The molecule has 15 nitrogen and oxygen atoms in total. The summed E-state index contributed by atoms with van der Waals surface area (Å²) in [4.78, 5) is 70.2. The number of aliphatic carboxylic acids is 4. The van der Waals surface area contributed by atoms with Crippen LogP contribution in [0, 0.1) is 0 Å². The number of amides is 1. The lowest BCUT2D eigenvalue weighted by atomic mass is 10.1. The number of carbonyl (C=O) groups is 5. The van der Waals surface area contributed by atoms with E-state index < -0.39 is 23.9 Å².